The second-order valence-electron chi connectivity index (χ2n) is 8.86. The van der Waals surface area contributed by atoms with Gasteiger partial charge in [0.15, 0.2) is 11.6 Å². The van der Waals surface area contributed by atoms with Gasteiger partial charge in [-0.1, -0.05) is 55.3 Å². The number of benzene rings is 2. The van der Waals surface area contributed by atoms with Crippen LogP contribution in [-0.2, 0) is 12.8 Å². The average Bonchev–Trinajstić information content (AvgIpc) is 2.71. The minimum Gasteiger partial charge on any atom is -0.207 e. The van der Waals surface area contributed by atoms with Crippen molar-refractivity contribution in [3.63, 3.8) is 0 Å². The van der Waals surface area contributed by atoms with E-state index < -0.39 is 29.4 Å². The Balaban J connectivity index is 1.59. The largest absolute Gasteiger partial charge is 0.251 e. The Morgan fingerprint density at radius 2 is 1.60 bits per heavy atom. The Morgan fingerprint density at radius 3 is 2.27 bits per heavy atom. The van der Waals surface area contributed by atoms with Gasteiger partial charge >= 0.3 is 0 Å². The fraction of sp³-hybridized carbons (Fsp3) is 0.538. The summed E-state index contributed by atoms with van der Waals surface area (Å²) >= 11 is 0. The predicted molar refractivity (Wildman–Crippen MR) is 114 cm³/mol. The number of alkyl halides is 2. The molecule has 1 fully saturated rings. The molecule has 0 radical (unpaired) electrons. The first-order valence-electron chi connectivity index (χ1n) is 11.2. The van der Waals surface area contributed by atoms with Crippen LogP contribution in [0, 0.1) is 24.5 Å². The number of unbranched alkanes of at least 4 members (excludes halogenated alkanes) is 1. The maximum absolute atomic E-state index is 14.7. The monoisotopic (exact) mass is 420 g/mol. The van der Waals surface area contributed by atoms with Gasteiger partial charge in [-0.15, -0.1) is 0 Å². The highest BCUT2D eigenvalue weighted by Crippen LogP contribution is 2.47. The molecular weight excluding hydrogens is 388 g/mol. The Bertz CT molecular complexity index is 826. The Hall–Kier alpha value is -1.84. The smallest absolute Gasteiger partial charge is 0.207 e. The fourth-order valence-corrected chi connectivity index (χ4v) is 4.69. The second-order valence-corrected chi connectivity index (χ2v) is 8.86. The molecule has 30 heavy (non-hydrogen) atoms. The van der Waals surface area contributed by atoms with Crippen LogP contribution >= 0.6 is 0 Å². The lowest BCUT2D eigenvalue weighted by Crippen LogP contribution is -2.35. The number of halogens is 4. The summed E-state index contributed by atoms with van der Waals surface area (Å²) in [6, 6.07) is 11.5. The van der Waals surface area contributed by atoms with Crippen LogP contribution in [0.3, 0.4) is 0 Å². The first-order chi connectivity index (χ1) is 14.3. The fourth-order valence-electron chi connectivity index (χ4n) is 4.69. The van der Waals surface area contributed by atoms with Crippen LogP contribution in [0.4, 0.5) is 17.6 Å². The summed E-state index contributed by atoms with van der Waals surface area (Å²) in [5.41, 5.74) is 2.91. The highest BCUT2D eigenvalue weighted by Gasteiger charge is 2.45. The normalized spacial score (nSPS) is 21.0. The van der Waals surface area contributed by atoms with Crippen LogP contribution in [0.25, 0.3) is 0 Å². The zero-order valence-corrected chi connectivity index (χ0v) is 18.0. The van der Waals surface area contributed by atoms with E-state index in [1.807, 2.05) is 13.8 Å². The molecule has 2 aromatic carbocycles. The van der Waals surface area contributed by atoms with Crippen molar-refractivity contribution in [1.82, 2.24) is 0 Å². The van der Waals surface area contributed by atoms with Crippen LogP contribution in [-0.4, -0.2) is 5.92 Å². The molecule has 0 heterocycles. The predicted octanol–water partition coefficient (Wildman–Crippen LogP) is 8.16. The molecule has 2 unspecified atom stereocenters. The lowest BCUT2D eigenvalue weighted by molar-refractivity contribution is -0.0948. The Kier molecular flexibility index (Phi) is 7.60. The van der Waals surface area contributed by atoms with Gasteiger partial charge in [-0.05, 0) is 74.5 Å². The van der Waals surface area contributed by atoms with Crippen molar-refractivity contribution in [1.29, 1.82) is 0 Å². The summed E-state index contributed by atoms with van der Waals surface area (Å²) in [5, 5.41) is 0. The van der Waals surface area contributed by atoms with Gasteiger partial charge in [-0.3, -0.25) is 0 Å². The molecule has 4 heteroatoms. The van der Waals surface area contributed by atoms with Crippen molar-refractivity contribution in [3.05, 3.63) is 70.3 Å². The second kappa shape index (κ2) is 9.98. The highest BCUT2D eigenvalue weighted by atomic mass is 19.3. The number of hydrogen-bond acceptors (Lipinski definition) is 0. The van der Waals surface area contributed by atoms with Gasteiger partial charge in [-0.2, -0.15) is 0 Å². The van der Waals surface area contributed by atoms with E-state index in [0.717, 1.165) is 19.3 Å². The van der Waals surface area contributed by atoms with Crippen molar-refractivity contribution in [2.24, 2.45) is 5.92 Å². The summed E-state index contributed by atoms with van der Waals surface area (Å²) in [6.45, 7) is 3.94. The average molecular weight is 421 g/mol. The summed E-state index contributed by atoms with van der Waals surface area (Å²) < 4.78 is 58.3. The molecule has 1 aliphatic carbocycles. The van der Waals surface area contributed by atoms with Crippen molar-refractivity contribution >= 4 is 0 Å². The van der Waals surface area contributed by atoms with Crippen molar-refractivity contribution in [3.8, 4) is 0 Å². The third-order valence-corrected chi connectivity index (χ3v) is 6.53. The molecule has 1 aliphatic rings. The van der Waals surface area contributed by atoms with Crippen LogP contribution in [0.1, 0.15) is 80.0 Å². The molecule has 1 saturated carbocycles. The van der Waals surface area contributed by atoms with Crippen molar-refractivity contribution in [2.75, 3.05) is 0 Å². The number of aryl methyl sites for hydroxylation is 3. The third kappa shape index (κ3) is 5.44. The van der Waals surface area contributed by atoms with Crippen LogP contribution in [0.5, 0.6) is 0 Å². The standard InChI is InChI=1S/C26H32F4/c1-3-6-22-15-13-21(17-26(22,29)30)23-16-14-20(24(27)25(23)28)8-5-4-7-19-11-9-18(2)10-12-19/h9-12,14,16,21-22H,3-8,13,15,17H2,1-2H3. The molecule has 2 aromatic rings. The van der Waals surface area contributed by atoms with Crippen molar-refractivity contribution in [2.45, 2.75) is 83.5 Å². The van der Waals surface area contributed by atoms with E-state index in [1.165, 1.54) is 17.2 Å². The molecule has 3 rings (SSSR count). The van der Waals surface area contributed by atoms with Gasteiger partial charge in [0.2, 0.25) is 0 Å². The molecule has 0 nitrogen and oxygen atoms in total. The Labute approximate surface area is 177 Å². The van der Waals surface area contributed by atoms with E-state index in [9.17, 15) is 17.6 Å². The van der Waals surface area contributed by atoms with E-state index >= 15 is 0 Å². The minimum absolute atomic E-state index is 0.116. The van der Waals surface area contributed by atoms with E-state index in [-0.39, 0.29) is 12.0 Å². The molecule has 0 bridgehead atoms. The van der Waals surface area contributed by atoms with Gasteiger partial charge < -0.3 is 0 Å². The summed E-state index contributed by atoms with van der Waals surface area (Å²) in [5.74, 6) is -5.85. The van der Waals surface area contributed by atoms with E-state index in [2.05, 4.69) is 24.3 Å². The first kappa shape index (κ1) is 22.8. The zero-order chi connectivity index (χ0) is 21.7. The summed E-state index contributed by atoms with van der Waals surface area (Å²) in [7, 11) is 0. The molecular formula is C26H32F4. The highest BCUT2D eigenvalue weighted by molar-refractivity contribution is 5.30. The quantitative estimate of drug-likeness (QED) is 0.298. The van der Waals surface area contributed by atoms with Gasteiger partial charge in [0.25, 0.3) is 5.92 Å². The number of hydrogen-bond donors (Lipinski definition) is 0. The van der Waals surface area contributed by atoms with Gasteiger partial charge in [-0.25, -0.2) is 17.6 Å². The molecule has 164 valence electrons. The van der Waals surface area contributed by atoms with Gasteiger partial charge in [0.1, 0.15) is 0 Å². The SMILES string of the molecule is CCCC1CCC(c2ccc(CCCCc3ccc(C)cc3)c(F)c2F)CC1(F)F. The maximum Gasteiger partial charge on any atom is 0.251 e. The Morgan fingerprint density at radius 1 is 0.900 bits per heavy atom. The summed E-state index contributed by atoms with van der Waals surface area (Å²) in [4.78, 5) is 0. The summed E-state index contributed by atoms with van der Waals surface area (Å²) in [6.07, 6.45) is 4.67. The lowest BCUT2D eigenvalue weighted by atomic mass is 9.74. The van der Waals surface area contributed by atoms with Crippen LogP contribution < -0.4 is 0 Å². The molecule has 0 aliphatic heterocycles. The zero-order valence-electron chi connectivity index (χ0n) is 18.0. The molecule has 0 aromatic heterocycles. The molecule has 0 spiro atoms. The van der Waals surface area contributed by atoms with E-state index in [4.69, 9.17) is 0 Å². The maximum atomic E-state index is 14.7. The van der Waals surface area contributed by atoms with Crippen LogP contribution in [0.2, 0.25) is 0 Å². The minimum atomic E-state index is -2.81. The molecule has 0 N–H and O–H groups in total. The van der Waals surface area contributed by atoms with Crippen LogP contribution in [0.15, 0.2) is 36.4 Å². The molecule has 0 amide bonds. The van der Waals surface area contributed by atoms with E-state index in [0.29, 0.717) is 37.7 Å². The number of rotatable bonds is 8. The lowest BCUT2D eigenvalue weighted by Gasteiger charge is -2.36. The van der Waals surface area contributed by atoms with Crippen molar-refractivity contribution < 1.29 is 17.6 Å². The van der Waals surface area contributed by atoms with Gasteiger partial charge in [0.05, 0.1) is 0 Å². The van der Waals surface area contributed by atoms with E-state index in [1.54, 1.807) is 6.07 Å². The third-order valence-electron chi connectivity index (χ3n) is 6.53. The van der Waals surface area contributed by atoms with Gasteiger partial charge in [0, 0.05) is 12.3 Å². The molecule has 0 saturated heterocycles. The first-order valence-corrected chi connectivity index (χ1v) is 11.2. The topological polar surface area (TPSA) is 0 Å². The molecule has 2 atom stereocenters.